The number of unbranched alkanes of at least 4 members (excludes halogenated alkanes) is 1. The molecule has 5 heteroatoms. The second-order valence-corrected chi connectivity index (χ2v) is 6.66. The number of fused-ring (bicyclic) bond motifs is 1. The fourth-order valence-electron chi connectivity index (χ4n) is 3.22. The summed E-state index contributed by atoms with van der Waals surface area (Å²) in [7, 11) is 0. The molecule has 2 amide bonds. The minimum atomic E-state index is -0.158. The van der Waals surface area contributed by atoms with Gasteiger partial charge >= 0.3 is 0 Å². The van der Waals surface area contributed by atoms with E-state index in [1.54, 1.807) is 17.0 Å². The SMILES string of the molecule is CCCCOc1ccc(C(=O)Nc2ccc3c(c2)CCC(=O)N3CC)cc1. The lowest BCUT2D eigenvalue weighted by atomic mass is 10.0. The van der Waals surface area contributed by atoms with E-state index in [9.17, 15) is 9.59 Å². The van der Waals surface area contributed by atoms with Gasteiger partial charge in [-0.1, -0.05) is 13.3 Å². The van der Waals surface area contributed by atoms with Crippen LogP contribution in [0.5, 0.6) is 5.75 Å². The lowest BCUT2D eigenvalue weighted by molar-refractivity contribution is -0.118. The van der Waals surface area contributed by atoms with Crippen LogP contribution in [0.15, 0.2) is 42.5 Å². The van der Waals surface area contributed by atoms with Crippen LogP contribution in [0.25, 0.3) is 0 Å². The van der Waals surface area contributed by atoms with Gasteiger partial charge in [0, 0.05) is 29.9 Å². The molecule has 0 saturated carbocycles. The van der Waals surface area contributed by atoms with Gasteiger partial charge in [0.2, 0.25) is 5.91 Å². The van der Waals surface area contributed by atoms with Gasteiger partial charge < -0.3 is 15.0 Å². The zero-order valence-electron chi connectivity index (χ0n) is 16.0. The number of hydrogen-bond acceptors (Lipinski definition) is 3. The fourth-order valence-corrected chi connectivity index (χ4v) is 3.22. The number of carbonyl (C=O) groups excluding carboxylic acids is 2. The lowest BCUT2D eigenvalue weighted by Crippen LogP contribution is -2.34. The van der Waals surface area contributed by atoms with Crippen molar-refractivity contribution in [3.63, 3.8) is 0 Å². The van der Waals surface area contributed by atoms with Crippen LogP contribution >= 0.6 is 0 Å². The number of anilines is 2. The first-order valence-corrected chi connectivity index (χ1v) is 9.60. The third-order valence-electron chi connectivity index (χ3n) is 4.74. The lowest BCUT2D eigenvalue weighted by Gasteiger charge is -2.28. The van der Waals surface area contributed by atoms with E-state index < -0.39 is 0 Å². The molecule has 142 valence electrons. The summed E-state index contributed by atoms with van der Waals surface area (Å²) in [5.41, 5.74) is 3.36. The van der Waals surface area contributed by atoms with Crippen LogP contribution in [0.1, 0.15) is 49.0 Å². The van der Waals surface area contributed by atoms with Crippen molar-refractivity contribution in [2.75, 3.05) is 23.4 Å². The molecule has 0 fully saturated rings. The Morgan fingerprint density at radius 1 is 1.11 bits per heavy atom. The summed E-state index contributed by atoms with van der Waals surface area (Å²) in [6.45, 7) is 5.44. The number of rotatable bonds is 7. The highest BCUT2D eigenvalue weighted by atomic mass is 16.5. The number of amides is 2. The number of nitrogens with one attached hydrogen (secondary N) is 1. The van der Waals surface area contributed by atoms with Gasteiger partial charge in [0.1, 0.15) is 5.75 Å². The van der Waals surface area contributed by atoms with Crippen molar-refractivity contribution in [1.82, 2.24) is 0 Å². The number of nitrogens with zero attached hydrogens (tertiary/aromatic N) is 1. The maximum atomic E-state index is 12.5. The van der Waals surface area contributed by atoms with Gasteiger partial charge in [-0.3, -0.25) is 9.59 Å². The smallest absolute Gasteiger partial charge is 0.255 e. The zero-order valence-corrected chi connectivity index (χ0v) is 16.0. The highest BCUT2D eigenvalue weighted by Crippen LogP contribution is 2.30. The van der Waals surface area contributed by atoms with Crippen molar-refractivity contribution in [3.8, 4) is 5.75 Å². The van der Waals surface area contributed by atoms with Crippen LogP contribution in [-0.4, -0.2) is 25.0 Å². The van der Waals surface area contributed by atoms with Crippen LogP contribution in [0.4, 0.5) is 11.4 Å². The van der Waals surface area contributed by atoms with Crippen molar-refractivity contribution >= 4 is 23.2 Å². The zero-order chi connectivity index (χ0) is 19.2. The first kappa shape index (κ1) is 19.0. The summed E-state index contributed by atoms with van der Waals surface area (Å²) < 4.78 is 5.63. The topological polar surface area (TPSA) is 58.6 Å². The Bertz CT molecular complexity index is 815. The third-order valence-corrected chi connectivity index (χ3v) is 4.74. The monoisotopic (exact) mass is 366 g/mol. The van der Waals surface area contributed by atoms with Gasteiger partial charge in [0.05, 0.1) is 6.61 Å². The molecule has 1 aliphatic heterocycles. The molecule has 0 radical (unpaired) electrons. The fraction of sp³-hybridized carbons (Fsp3) is 0.364. The van der Waals surface area contributed by atoms with E-state index in [1.165, 1.54) is 0 Å². The Kier molecular flexibility index (Phi) is 6.12. The van der Waals surface area contributed by atoms with Gasteiger partial charge in [-0.05, 0) is 67.8 Å². The van der Waals surface area contributed by atoms with E-state index in [2.05, 4.69) is 12.2 Å². The Morgan fingerprint density at radius 3 is 2.59 bits per heavy atom. The molecule has 1 aliphatic rings. The number of benzene rings is 2. The molecule has 2 aromatic rings. The normalized spacial score (nSPS) is 13.3. The third kappa shape index (κ3) is 4.48. The van der Waals surface area contributed by atoms with E-state index in [0.29, 0.717) is 31.6 Å². The molecule has 0 bridgehead atoms. The van der Waals surface area contributed by atoms with E-state index in [-0.39, 0.29) is 11.8 Å². The van der Waals surface area contributed by atoms with Crippen LogP contribution in [0.3, 0.4) is 0 Å². The predicted molar refractivity (Wildman–Crippen MR) is 108 cm³/mol. The van der Waals surface area contributed by atoms with E-state index in [4.69, 9.17) is 4.74 Å². The number of ether oxygens (including phenoxy) is 1. The Morgan fingerprint density at radius 2 is 1.89 bits per heavy atom. The molecule has 0 aliphatic carbocycles. The highest BCUT2D eigenvalue weighted by molar-refractivity contribution is 6.05. The summed E-state index contributed by atoms with van der Waals surface area (Å²) in [5.74, 6) is 0.774. The highest BCUT2D eigenvalue weighted by Gasteiger charge is 2.23. The molecular formula is C22H26N2O3. The van der Waals surface area contributed by atoms with Gasteiger partial charge in [-0.25, -0.2) is 0 Å². The van der Waals surface area contributed by atoms with Crippen LogP contribution in [-0.2, 0) is 11.2 Å². The van der Waals surface area contributed by atoms with E-state index >= 15 is 0 Å². The average molecular weight is 366 g/mol. The van der Waals surface area contributed by atoms with Gasteiger partial charge in [-0.15, -0.1) is 0 Å². The van der Waals surface area contributed by atoms with E-state index in [1.807, 2.05) is 37.3 Å². The molecule has 5 nitrogen and oxygen atoms in total. The summed E-state index contributed by atoms with van der Waals surface area (Å²) >= 11 is 0. The number of carbonyl (C=O) groups is 2. The standard InChI is InChI=1S/C22H26N2O3/c1-3-5-14-27-19-10-6-16(7-11-19)22(26)23-18-9-12-20-17(15-18)8-13-21(25)24(20)4-2/h6-7,9-12,15H,3-5,8,13-14H2,1-2H3,(H,23,26). The van der Waals surface area contributed by atoms with Gasteiger partial charge in [0.25, 0.3) is 5.91 Å². The van der Waals surface area contributed by atoms with Crippen LogP contribution in [0, 0.1) is 0 Å². The number of aryl methyl sites for hydroxylation is 1. The number of hydrogen-bond donors (Lipinski definition) is 1. The van der Waals surface area contributed by atoms with Crippen molar-refractivity contribution in [3.05, 3.63) is 53.6 Å². The summed E-state index contributed by atoms with van der Waals surface area (Å²) in [4.78, 5) is 26.3. The second kappa shape index (κ2) is 8.71. The second-order valence-electron chi connectivity index (χ2n) is 6.66. The van der Waals surface area contributed by atoms with Crippen LogP contribution in [0.2, 0.25) is 0 Å². The first-order valence-electron chi connectivity index (χ1n) is 9.60. The van der Waals surface area contributed by atoms with Crippen molar-refractivity contribution in [2.24, 2.45) is 0 Å². The van der Waals surface area contributed by atoms with Crippen LogP contribution < -0.4 is 15.0 Å². The largest absolute Gasteiger partial charge is 0.494 e. The average Bonchev–Trinajstić information content (AvgIpc) is 2.69. The molecule has 0 unspecified atom stereocenters. The minimum absolute atomic E-state index is 0.156. The van der Waals surface area contributed by atoms with Crippen molar-refractivity contribution in [1.29, 1.82) is 0 Å². The Hall–Kier alpha value is -2.82. The van der Waals surface area contributed by atoms with Gasteiger partial charge in [-0.2, -0.15) is 0 Å². The quantitative estimate of drug-likeness (QED) is 0.738. The minimum Gasteiger partial charge on any atom is -0.494 e. The van der Waals surface area contributed by atoms with E-state index in [0.717, 1.165) is 35.5 Å². The first-order chi connectivity index (χ1) is 13.1. The maximum absolute atomic E-state index is 12.5. The maximum Gasteiger partial charge on any atom is 0.255 e. The Labute approximate surface area is 160 Å². The molecule has 3 rings (SSSR count). The molecule has 0 aromatic heterocycles. The molecule has 27 heavy (non-hydrogen) atoms. The molecule has 1 heterocycles. The Balaban J connectivity index is 1.67. The summed E-state index contributed by atoms with van der Waals surface area (Å²) in [6, 6.07) is 12.9. The molecule has 0 spiro atoms. The molecule has 1 N–H and O–H groups in total. The molecule has 0 saturated heterocycles. The van der Waals surface area contributed by atoms with Crippen molar-refractivity contribution < 1.29 is 14.3 Å². The predicted octanol–water partition coefficient (Wildman–Crippen LogP) is 4.42. The summed E-state index contributed by atoms with van der Waals surface area (Å²) in [6.07, 6.45) is 3.32. The van der Waals surface area contributed by atoms with Gasteiger partial charge in [0.15, 0.2) is 0 Å². The van der Waals surface area contributed by atoms with Crippen molar-refractivity contribution in [2.45, 2.75) is 39.5 Å². The molecular weight excluding hydrogens is 340 g/mol. The molecule has 0 atom stereocenters. The molecule has 2 aromatic carbocycles. The summed E-state index contributed by atoms with van der Waals surface area (Å²) in [5, 5.41) is 2.94.